The number of sulfone groups is 1. The molecule has 1 aliphatic carbocycles. The Morgan fingerprint density at radius 2 is 1.67 bits per heavy atom. The number of carbonyl (C=O) groups excluding carboxylic acids is 1. The van der Waals surface area contributed by atoms with E-state index in [1.807, 2.05) is 18.2 Å². The van der Waals surface area contributed by atoms with E-state index in [1.54, 1.807) is 25.1 Å². The smallest absolute Gasteiger partial charge is 0.252 e. The maximum Gasteiger partial charge on any atom is 0.252 e. The molecule has 3 rings (SSSR count). The molecule has 1 amide bonds. The maximum absolute atomic E-state index is 12.6. The molecule has 0 heterocycles. The lowest BCUT2D eigenvalue weighted by molar-refractivity contribution is 0.0946. The Bertz CT molecular complexity index is 840. The summed E-state index contributed by atoms with van der Waals surface area (Å²) in [6.45, 7) is 2.11. The van der Waals surface area contributed by atoms with Crippen LogP contribution in [-0.4, -0.2) is 26.6 Å². The highest BCUT2D eigenvalue weighted by Crippen LogP contribution is 2.47. The van der Waals surface area contributed by atoms with Crippen LogP contribution in [-0.2, 0) is 15.3 Å². The van der Waals surface area contributed by atoms with Gasteiger partial charge in [0, 0.05) is 12.0 Å². The van der Waals surface area contributed by atoms with Crippen LogP contribution < -0.4 is 5.32 Å². The minimum absolute atomic E-state index is 0.00447. The molecular weight excluding hydrogens is 322 g/mol. The van der Waals surface area contributed by atoms with Gasteiger partial charge >= 0.3 is 0 Å². The first kappa shape index (κ1) is 16.7. The highest BCUT2D eigenvalue weighted by atomic mass is 32.2. The average molecular weight is 343 g/mol. The standard InChI is InChI=1S/C19H21NO3S/c1-2-24(22,23)17-11-7-6-10-16(17)18(21)20-14-19(12-13-19)15-8-4-3-5-9-15/h3-11H,2,12-14H2,1H3,(H,20,21). The van der Waals surface area contributed by atoms with E-state index < -0.39 is 9.84 Å². The third-order valence-electron chi connectivity index (χ3n) is 4.67. The van der Waals surface area contributed by atoms with Crippen LogP contribution in [0, 0.1) is 0 Å². The Morgan fingerprint density at radius 3 is 2.29 bits per heavy atom. The molecule has 0 spiro atoms. The summed E-state index contributed by atoms with van der Waals surface area (Å²) in [5.74, 6) is -0.351. The number of rotatable bonds is 6. The molecule has 0 atom stereocenters. The first-order valence-corrected chi connectivity index (χ1v) is 9.79. The van der Waals surface area contributed by atoms with Gasteiger partial charge in [0.25, 0.3) is 5.91 Å². The normalized spacial score (nSPS) is 15.7. The predicted molar refractivity (Wildman–Crippen MR) is 93.9 cm³/mol. The van der Waals surface area contributed by atoms with Crippen LogP contribution in [0.1, 0.15) is 35.7 Å². The van der Waals surface area contributed by atoms with Crippen molar-refractivity contribution in [3.05, 3.63) is 65.7 Å². The van der Waals surface area contributed by atoms with Gasteiger partial charge in [-0.05, 0) is 30.5 Å². The molecule has 0 aromatic heterocycles. The zero-order valence-corrected chi connectivity index (χ0v) is 14.5. The van der Waals surface area contributed by atoms with E-state index in [-0.39, 0.29) is 27.5 Å². The van der Waals surface area contributed by atoms with Gasteiger partial charge in [-0.25, -0.2) is 8.42 Å². The van der Waals surface area contributed by atoms with Crippen molar-refractivity contribution in [2.75, 3.05) is 12.3 Å². The molecule has 1 aliphatic rings. The van der Waals surface area contributed by atoms with Crippen LogP contribution in [0.4, 0.5) is 0 Å². The van der Waals surface area contributed by atoms with Crippen LogP contribution in [0.15, 0.2) is 59.5 Å². The van der Waals surface area contributed by atoms with Crippen molar-refractivity contribution in [2.45, 2.75) is 30.1 Å². The van der Waals surface area contributed by atoms with Gasteiger partial charge in [-0.15, -0.1) is 0 Å². The fourth-order valence-corrected chi connectivity index (χ4v) is 4.03. The number of nitrogens with one attached hydrogen (secondary N) is 1. The molecule has 0 unspecified atom stereocenters. The molecule has 2 aromatic rings. The van der Waals surface area contributed by atoms with E-state index in [9.17, 15) is 13.2 Å². The van der Waals surface area contributed by atoms with Crippen molar-refractivity contribution in [1.29, 1.82) is 0 Å². The van der Waals surface area contributed by atoms with Crippen molar-refractivity contribution < 1.29 is 13.2 Å². The first-order valence-electron chi connectivity index (χ1n) is 8.14. The summed E-state index contributed by atoms with van der Waals surface area (Å²) in [5.41, 5.74) is 1.44. The SMILES string of the molecule is CCS(=O)(=O)c1ccccc1C(=O)NCC1(c2ccccc2)CC1. The first-order chi connectivity index (χ1) is 11.5. The lowest BCUT2D eigenvalue weighted by atomic mass is 9.96. The van der Waals surface area contributed by atoms with Gasteiger partial charge in [-0.1, -0.05) is 49.4 Å². The number of hydrogen-bond acceptors (Lipinski definition) is 3. The van der Waals surface area contributed by atoms with Crippen molar-refractivity contribution >= 4 is 15.7 Å². The van der Waals surface area contributed by atoms with Crippen LogP contribution >= 0.6 is 0 Å². The van der Waals surface area contributed by atoms with Crippen LogP contribution in [0.3, 0.4) is 0 Å². The van der Waals surface area contributed by atoms with Gasteiger partial charge < -0.3 is 5.32 Å². The monoisotopic (exact) mass is 343 g/mol. The second kappa shape index (κ2) is 6.40. The molecule has 4 nitrogen and oxygen atoms in total. The number of carbonyl (C=O) groups is 1. The Hall–Kier alpha value is -2.14. The number of amides is 1. The lowest BCUT2D eigenvalue weighted by Crippen LogP contribution is -2.33. The van der Waals surface area contributed by atoms with E-state index >= 15 is 0 Å². The fraction of sp³-hybridized carbons (Fsp3) is 0.316. The molecule has 0 aliphatic heterocycles. The Morgan fingerprint density at radius 1 is 1.04 bits per heavy atom. The van der Waals surface area contributed by atoms with Gasteiger partial charge in [0.05, 0.1) is 16.2 Å². The van der Waals surface area contributed by atoms with E-state index in [4.69, 9.17) is 0 Å². The van der Waals surface area contributed by atoms with Gasteiger partial charge in [0.15, 0.2) is 9.84 Å². The van der Waals surface area contributed by atoms with Gasteiger partial charge in [-0.3, -0.25) is 4.79 Å². The average Bonchev–Trinajstić information content (AvgIpc) is 3.42. The quantitative estimate of drug-likeness (QED) is 0.877. The highest BCUT2D eigenvalue weighted by Gasteiger charge is 2.44. The highest BCUT2D eigenvalue weighted by molar-refractivity contribution is 7.91. The van der Waals surface area contributed by atoms with Crippen molar-refractivity contribution in [1.82, 2.24) is 5.32 Å². The number of hydrogen-bond donors (Lipinski definition) is 1. The molecule has 1 saturated carbocycles. The molecule has 0 bridgehead atoms. The zero-order valence-electron chi connectivity index (χ0n) is 13.7. The van der Waals surface area contributed by atoms with Crippen LogP contribution in [0.5, 0.6) is 0 Å². The van der Waals surface area contributed by atoms with Crippen molar-refractivity contribution in [3.63, 3.8) is 0 Å². The van der Waals surface area contributed by atoms with E-state index in [2.05, 4.69) is 17.4 Å². The lowest BCUT2D eigenvalue weighted by Gasteiger charge is -2.17. The number of benzene rings is 2. The summed E-state index contributed by atoms with van der Waals surface area (Å²) in [6.07, 6.45) is 2.07. The summed E-state index contributed by atoms with van der Waals surface area (Å²) < 4.78 is 24.4. The molecule has 0 saturated heterocycles. The summed E-state index contributed by atoms with van der Waals surface area (Å²) in [6, 6.07) is 16.5. The molecule has 0 radical (unpaired) electrons. The minimum atomic E-state index is -3.43. The van der Waals surface area contributed by atoms with Crippen molar-refractivity contribution in [3.8, 4) is 0 Å². The third-order valence-corrected chi connectivity index (χ3v) is 6.46. The van der Waals surface area contributed by atoms with Gasteiger partial charge in [-0.2, -0.15) is 0 Å². The topological polar surface area (TPSA) is 63.2 Å². The molecule has 24 heavy (non-hydrogen) atoms. The van der Waals surface area contributed by atoms with Gasteiger partial charge in [0.2, 0.25) is 0 Å². The molecule has 5 heteroatoms. The molecule has 2 aromatic carbocycles. The maximum atomic E-state index is 12.6. The summed E-state index contributed by atoms with van der Waals surface area (Å²) in [7, 11) is -3.43. The summed E-state index contributed by atoms with van der Waals surface area (Å²) in [5, 5.41) is 2.93. The molecule has 1 fully saturated rings. The molecule has 126 valence electrons. The van der Waals surface area contributed by atoms with Crippen LogP contribution in [0.2, 0.25) is 0 Å². The Balaban J connectivity index is 1.78. The van der Waals surface area contributed by atoms with E-state index in [0.717, 1.165) is 12.8 Å². The fourth-order valence-electron chi connectivity index (χ4n) is 2.94. The largest absolute Gasteiger partial charge is 0.351 e. The molecular formula is C19H21NO3S. The Labute approximate surface area is 142 Å². The second-order valence-corrected chi connectivity index (χ2v) is 8.48. The van der Waals surface area contributed by atoms with Gasteiger partial charge in [0.1, 0.15) is 0 Å². The third kappa shape index (κ3) is 3.22. The van der Waals surface area contributed by atoms with Crippen molar-refractivity contribution in [2.24, 2.45) is 0 Å². The zero-order chi connectivity index (χ0) is 17.2. The van der Waals surface area contributed by atoms with Crippen LogP contribution in [0.25, 0.3) is 0 Å². The second-order valence-electron chi connectivity index (χ2n) is 6.23. The summed E-state index contributed by atoms with van der Waals surface area (Å²) >= 11 is 0. The summed E-state index contributed by atoms with van der Waals surface area (Å²) in [4.78, 5) is 12.7. The van der Waals surface area contributed by atoms with E-state index in [1.165, 1.54) is 11.6 Å². The molecule has 1 N–H and O–H groups in total. The predicted octanol–water partition coefficient (Wildman–Crippen LogP) is 2.94. The Kier molecular flexibility index (Phi) is 4.45. The minimum Gasteiger partial charge on any atom is -0.351 e. The van der Waals surface area contributed by atoms with E-state index in [0.29, 0.717) is 6.54 Å².